The predicted molar refractivity (Wildman–Crippen MR) is 48.4 cm³/mol. The van der Waals surface area contributed by atoms with Crippen LogP contribution in [0.2, 0.25) is 0 Å². The lowest BCUT2D eigenvalue weighted by Crippen LogP contribution is -2.15. The fraction of sp³-hybridized carbons (Fsp3) is 0.500. The molecule has 1 aromatic rings. The highest BCUT2D eigenvalue weighted by Crippen LogP contribution is 2.27. The van der Waals surface area contributed by atoms with Crippen LogP contribution in [0.5, 0.6) is 0 Å². The molecule has 1 aromatic heterocycles. The highest BCUT2D eigenvalue weighted by Gasteiger charge is 2.16. The van der Waals surface area contributed by atoms with E-state index in [-0.39, 0.29) is 5.56 Å². The van der Waals surface area contributed by atoms with Gasteiger partial charge >= 0.3 is 0 Å². The second kappa shape index (κ2) is 2.77. The standard InChI is InChI=1S/C10H13NO/c1-7-3-2-4-8-5-6-9(12)11-10(7)8/h5-7H,2-4H2,1H3,(H,11,12). The number of nitrogens with one attached hydrogen (secondary N) is 1. The molecule has 1 aliphatic carbocycles. The number of pyridine rings is 1. The van der Waals surface area contributed by atoms with Gasteiger partial charge in [-0.15, -0.1) is 0 Å². The molecule has 0 bridgehead atoms. The molecule has 1 N–H and O–H groups in total. The lowest BCUT2D eigenvalue weighted by atomic mass is 9.88. The molecule has 1 aliphatic rings. The van der Waals surface area contributed by atoms with Crippen LogP contribution in [-0.2, 0) is 6.42 Å². The van der Waals surface area contributed by atoms with Gasteiger partial charge in [-0.3, -0.25) is 4.79 Å². The fourth-order valence-corrected chi connectivity index (χ4v) is 1.92. The van der Waals surface area contributed by atoms with Gasteiger partial charge < -0.3 is 4.98 Å². The lowest BCUT2D eigenvalue weighted by Gasteiger charge is -2.20. The highest BCUT2D eigenvalue weighted by atomic mass is 16.1. The average Bonchev–Trinajstić information content (AvgIpc) is 2.07. The highest BCUT2D eigenvalue weighted by molar-refractivity contribution is 5.25. The first-order valence-corrected chi connectivity index (χ1v) is 4.49. The van der Waals surface area contributed by atoms with Crippen LogP contribution in [0.15, 0.2) is 16.9 Å². The minimum atomic E-state index is 0.0301. The SMILES string of the molecule is CC1CCCc2ccc(=O)[nH]c21. The van der Waals surface area contributed by atoms with Crippen molar-refractivity contribution in [1.82, 2.24) is 4.98 Å². The van der Waals surface area contributed by atoms with E-state index in [1.165, 1.54) is 18.4 Å². The second-order valence-electron chi connectivity index (χ2n) is 3.55. The first kappa shape index (κ1) is 7.59. The summed E-state index contributed by atoms with van der Waals surface area (Å²) in [6.07, 6.45) is 3.57. The van der Waals surface area contributed by atoms with E-state index in [9.17, 15) is 4.79 Å². The van der Waals surface area contributed by atoms with E-state index in [1.54, 1.807) is 6.07 Å². The molecule has 0 saturated carbocycles. The van der Waals surface area contributed by atoms with Gasteiger partial charge in [0, 0.05) is 11.8 Å². The van der Waals surface area contributed by atoms with Gasteiger partial charge in [-0.25, -0.2) is 0 Å². The maximum Gasteiger partial charge on any atom is 0.248 e. The Balaban J connectivity index is 2.54. The largest absolute Gasteiger partial charge is 0.326 e. The molecule has 0 amide bonds. The zero-order chi connectivity index (χ0) is 8.55. The third-order valence-electron chi connectivity index (χ3n) is 2.62. The molecule has 0 radical (unpaired) electrons. The summed E-state index contributed by atoms with van der Waals surface area (Å²) in [5, 5.41) is 0. The Hall–Kier alpha value is -1.05. The smallest absolute Gasteiger partial charge is 0.248 e. The fourth-order valence-electron chi connectivity index (χ4n) is 1.92. The minimum Gasteiger partial charge on any atom is -0.326 e. The van der Waals surface area contributed by atoms with E-state index >= 15 is 0 Å². The Bertz CT molecular complexity index is 340. The molecule has 12 heavy (non-hydrogen) atoms. The Morgan fingerprint density at radius 1 is 1.50 bits per heavy atom. The van der Waals surface area contributed by atoms with Gasteiger partial charge in [-0.05, 0) is 30.7 Å². The van der Waals surface area contributed by atoms with Crippen molar-refractivity contribution in [2.45, 2.75) is 32.1 Å². The summed E-state index contributed by atoms with van der Waals surface area (Å²) >= 11 is 0. The number of rotatable bonds is 0. The van der Waals surface area contributed by atoms with Crippen LogP contribution in [0.3, 0.4) is 0 Å². The number of fused-ring (bicyclic) bond motifs is 1. The summed E-state index contributed by atoms with van der Waals surface area (Å²) < 4.78 is 0. The molecular formula is C10H13NO. The molecule has 2 rings (SSSR count). The molecule has 0 saturated heterocycles. The summed E-state index contributed by atoms with van der Waals surface area (Å²) in [6, 6.07) is 3.58. The van der Waals surface area contributed by atoms with E-state index in [2.05, 4.69) is 11.9 Å². The van der Waals surface area contributed by atoms with Crippen molar-refractivity contribution < 1.29 is 0 Å². The van der Waals surface area contributed by atoms with Crippen LogP contribution >= 0.6 is 0 Å². The van der Waals surface area contributed by atoms with Crippen LogP contribution in [0, 0.1) is 0 Å². The van der Waals surface area contributed by atoms with Crippen molar-refractivity contribution in [3.63, 3.8) is 0 Å². The molecule has 0 spiro atoms. The van der Waals surface area contributed by atoms with E-state index in [4.69, 9.17) is 0 Å². The number of aryl methyl sites for hydroxylation is 1. The van der Waals surface area contributed by atoms with E-state index in [0.717, 1.165) is 12.1 Å². The molecule has 0 aromatic carbocycles. The van der Waals surface area contributed by atoms with Crippen LogP contribution in [0.1, 0.15) is 36.9 Å². The maximum atomic E-state index is 11.0. The van der Waals surface area contributed by atoms with Crippen molar-refractivity contribution in [1.29, 1.82) is 0 Å². The van der Waals surface area contributed by atoms with Gasteiger partial charge in [0.05, 0.1) is 0 Å². The van der Waals surface area contributed by atoms with Crippen LogP contribution in [0.25, 0.3) is 0 Å². The summed E-state index contributed by atoms with van der Waals surface area (Å²) in [5.74, 6) is 0.530. The zero-order valence-corrected chi connectivity index (χ0v) is 7.26. The van der Waals surface area contributed by atoms with Crippen LogP contribution < -0.4 is 5.56 Å². The monoisotopic (exact) mass is 163 g/mol. The number of aromatic amines is 1. The Labute approximate surface area is 71.6 Å². The molecule has 0 fully saturated rings. The third-order valence-corrected chi connectivity index (χ3v) is 2.62. The van der Waals surface area contributed by atoms with Crippen molar-refractivity contribution in [2.24, 2.45) is 0 Å². The topological polar surface area (TPSA) is 32.9 Å². The summed E-state index contributed by atoms with van der Waals surface area (Å²) in [5.41, 5.74) is 2.52. The van der Waals surface area contributed by atoms with E-state index in [0.29, 0.717) is 5.92 Å². The van der Waals surface area contributed by atoms with Gasteiger partial charge in [-0.2, -0.15) is 0 Å². The molecule has 2 nitrogen and oxygen atoms in total. The number of hydrogen-bond donors (Lipinski definition) is 1. The van der Waals surface area contributed by atoms with Gasteiger partial charge in [-0.1, -0.05) is 13.0 Å². The Morgan fingerprint density at radius 3 is 3.17 bits per heavy atom. The number of H-pyrrole nitrogens is 1. The Kier molecular flexibility index (Phi) is 1.75. The van der Waals surface area contributed by atoms with Crippen LogP contribution in [0.4, 0.5) is 0 Å². The third kappa shape index (κ3) is 1.17. The summed E-state index contributed by atoms with van der Waals surface area (Å²) in [7, 11) is 0. The van der Waals surface area contributed by atoms with E-state index < -0.39 is 0 Å². The van der Waals surface area contributed by atoms with Crippen molar-refractivity contribution >= 4 is 0 Å². The van der Waals surface area contributed by atoms with Gasteiger partial charge in [0.1, 0.15) is 0 Å². The molecule has 1 atom stereocenters. The van der Waals surface area contributed by atoms with Gasteiger partial charge in [0.25, 0.3) is 0 Å². The lowest BCUT2D eigenvalue weighted by molar-refractivity contribution is 0.571. The number of aromatic nitrogens is 1. The normalized spacial score (nSPS) is 21.9. The molecule has 1 unspecified atom stereocenters. The van der Waals surface area contributed by atoms with Crippen molar-refractivity contribution in [3.8, 4) is 0 Å². The second-order valence-corrected chi connectivity index (χ2v) is 3.55. The maximum absolute atomic E-state index is 11.0. The van der Waals surface area contributed by atoms with Gasteiger partial charge in [0.2, 0.25) is 5.56 Å². The summed E-state index contributed by atoms with van der Waals surface area (Å²) in [6.45, 7) is 2.17. The van der Waals surface area contributed by atoms with Crippen molar-refractivity contribution in [2.75, 3.05) is 0 Å². The predicted octanol–water partition coefficient (Wildman–Crippen LogP) is 1.81. The molecule has 0 aliphatic heterocycles. The van der Waals surface area contributed by atoms with E-state index in [1.807, 2.05) is 6.07 Å². The first-order chi connectivity index (χ1) is 5.77. The Morgan fingerprint density at radius 2 is 2.33 bits per heavy atom. The first-order valence-electron chi connectivity index (χ1n) is 4.49. The minimum absolute atomic E-state index is 0.0301. The van der Waals surface area contributed by atoms with Gasteiger partial charge in [0.15, 0.2) is 0 Å². The molecule has 1 heterocycles. The van der Waals surface area contributed by atoms with Crippen LogP contribution in [-0.4, -0.2) is 4.98 Å². The molecule has 64 valence electrons. The quantitative estimate of drug-likeness (QED) is 0.621. The summed E-state index contributed by atoms with van der Waals surface area (Å²) in [4.78, 5) is 14.0. The zero-order valence-electron chi connectivity index (χ0n) is 7.26. The molecular weight excluding hydrogens is 150 g/mol. The van der Waals surface area contributed by atoms with Crippen molar-refractivity contribution in [3.05, 3.63) is 33.7 Å². The average molecular weight is 163 g/mol. The molecule has 2 heteroatoms. The number of hydrogen-bond acceptors (Lipinski definition) is 1.